The first kappa shape index (κ1) is 19.4. The van der Waals surface area contributed by atoms with Crippen molar-refractivity contribution in [1.29, 1.82) is 0 Å². The standard InChI is InChI=1S/C15H25N5O2.ClH/c1-12(2)19-13(21)4-8-17-14(22)15(5-9-16-10-6-15)20-11-3-7-18-20;/h3,7,11-12,16H,4-6,8-10H2,1-2H3,(H,17,22)(H,19,21);1H. The van der Waals surface area contributed by atoms with E-state index in [0.29, 0.717) is 19.4 Å². The van der Waals surface area contributed by atoms with Gasteiger partial charge in [-0.3, -0.25) is 14.3 Å². The van der Waals surface area contributed by atoms with Gasteiger partial charge in [-0.15, -0.1) is 12.4 Å². The molecule has 1 aromatic rings. The molecule has 130 valence electrons. The average molecular weight is 344 g/mol. The van der Waals surface area contributed by atoms with Crippen molar-refractivity contribution in [1.82, 2.24) is 25.7 Å². The predicted octanol–water partition coefficient (Wildman–Crippen LogP) is 0.415. The van der Waals surface area contributed by atoms with Crippen molar-refractivity contribution in [2.75, 3.05) is 19.6 Å². The quantitative estimate of drug-likeness (QED) is 0.698. The lowest BCUT2D eigenvalue weighted by Crippen LogP contribution is -2.55. The number of aromatic nitrogens is 2. The van der Waals surface area contributed by atoms with E-state index in [4.69, 9.17) is 0 Å². The van der Waals surface area contributed by atoms with E-state index >= 15 is 0 Å². The SMILES string of the molecule is CC(C)NC(=O)CCNC(=O)C1(n2cccn2)CCNCC1.Cl. The second-order valence-electron chi connectivity index (χ2n) is 5.96. The zero-order valence-corrected chi connectivity index (χ0v) is 14.5. The van der Waals surface area contributed by atoms with E-state index in [-0.39, 0.29) is 36.7 Å². The van der Waals surface area contributed by atoms with Gasteiger partial charge in [0.25, 0.3) is 0 Å². The van der Waals surface area contributed by atoms with E-state index in [0.717, 1.165) is 13.1 Å². The highest BCUT2D eigenvalue weighted by molar-refractivity contribution is 5.85. The fourth-order valence-electron chi connectivity index (χ4n) is 2.77. The first-order valence-electron chi connectivity index (χ1n) is 7.83. The Bertz CT molecular complexity index is 498. The second kappa shape index (κ2) is 8.88. The summed E-state index contributed by atoms with van der Waals surface area (Å²) in [4.78, 5) is 24.3. The average Bonchev–Trinajstić information content (AvgIpc) is 3.01. The molecule has 0 unspecified atom stereocenters. The summed E-state index contributed by atoms with van der Waals surface area (Å²) in [7, 11) is 0. The number of hydrogen-bond acceptors (Lipinski definition) is 4. The molecule has 0 radical (unpaired) electrons. The van der Waals surface area contributed by atoms with Crippen LogP contribution in [0.2, 0.25) is 0 Å². The molecule has 2 amide bonds. The highest BCUT2D eigenvalue weighted by Gasteiger charge is 2.41. The number of amides is 2. The molecule has 3 N–H and O–H groups in total. The molecule has 1 fully saturated rings. The number of carbonyl (C=O) groups excluding carboxylic acids is 2. The minimum absolute atomic E-state index is 0. The first-order valence-corrected chi connectivity index (χ1v) is 7.83. The highest BCUT2D eigenvalue weighted by atomic mass is 35.5. The molecule has 1 aliphatic heterocycles. The number of hydrogen-bond donors (Lipinski definition) is 3. The molecule has 0 bridgehead atoms. The Morgan fingerprint density at radius 2 is 2.04 bits per heavy atom. The van der Waals surface area contributed by atoms with Crippen molar-refractivity contribution in [3.63, 3.8) is 0 Å². The molecule has 23 heavy (non-hydrogen) atoms. The number of piperidine rings is 1. The van der Waals surface area contributed by atoms with Crippen LogP contribution in [0.25, 0.3) is 0 Å². The number of nitrogens with one attached hydrogen (secondary N) is 3. The summed E-state index contributed by atoms with van der Waals surface area (Å²) in [6.45, 7) is 5.73. The number of nitrogens with zero attached hydrogens (tertiary/aromatic N) is 2. The molecule has 0 saturated carbocycles. The maximum Gasteiger partial charge on any atom is 0.248 e. The zero-order valence-electron chi connectivity index (χ0n) is 13.7. The van der Waals surface area contributed by atoms with Gasteiger partial charge in [-0.25, -0.2) is 0 Å². The Balaban J connectivity index is 0.00000264. The van der Waals surface area contributed by atoms with Gasteiger partial charge < -0.3 is 16.0 Å². The first-order chi connectivity index (χ1) is 10.5. The normalized spacial score (nSPS) is 16.5. The molecule has 8 heteroatoms. The molecule has 0 spiro atoms. The fraction of sp³-hybridized carbons (Fsp3) is 0.667. The van der Waals surface area contributed by atoms with Crippen molar-refractivity contribution in [2.24, 2.45) is 0 Å². The zero-order chi connectivity index (χ0) is 16.0. The Morgan fingerprint density at radius 3 is 2.61 bits per heavy atom. The predicted molar refractivity (Wildman–Crippen MR) is 90.5 cm³/mol. The third-order valence-corrected chi connectivity index (χ3v) is 3.88. The van der Waals surface area contributed by atoms with Gasteiger partial charge in [-0.1, -0.05) is 0 Å². The van der Waals surface area contributed by atoms with Crippen LogP contribution in [-0.4, -0.2) is 47.3 Å². The maximum atomic E-state index is 12.7. The van der Waals surface area contributed by atoms with E-state index in [1.165, 1.54) is 0 Å². The fourth-order valence-corrected chi connectivity index (χ4v) is 2.77. The van der Waals surface area contributed by atoms with Crippen molar-refractivity contribution in [2.45, 2.75) is 44.7 Å². The topological polar surface area (TPSA) is 88.1 Å². The minimum Gasteiger partial charge on any atom is -0.354 e. The molecular weight excluding hydrogens is 318 g/mol. The van der Waals surface area contributed by atoms with Crippen LogP contribution < -0.4 is 16.0 Å². The molecule has 1 aliphatic rings. The van der Waals surface area contributed by atoms with Crippen molar-refractivity contribution < 1.29 is 9.59 Å². The monoisotopic (exact) mass is 343 g/mol. The molecule has 2 heterocycles. The lowest BCUT2D eigenvalue weighted by molar-refractivity contribution is -0.132. The largest absolute Gasteiger partial charge is 0.354 e. The Morgan fingerprint density at radius 1 is 1.35 bits per heavy atom. The van der Waals surface area contributed by atoms with Crippen LogP contribution in [0.1, 0.15) is 33.1 Å². The summed E-state index contributed by atoms with van der Waals surface area (Å²) in [6.07, 6.45) is 5.19. The van der Waals surface area contributed by atoms with Gasteiger partial charge >= 0.3 is 0 Å². The summed E-state index contributed by atoms with van der Waals surface area (Å²) >= 11 is 0. The van der Waals surface area contributed by atoms with Gasteiger partial charge in [0, 0.05) is 31.4 Å². The summed E-state index contributed by atoms with van der Waals surface area (Å²) in [5.74, 6) is -0.108. The van der Waals surface area contributed by atoms with E-state index in [1.807, 2.05) is 26.1 Å². The van der Waals surface area contributed by atoms with Crippen molar-refractivity contribution >= 4 is 24.2 Å². The smallest absolute Gasteiger partial charge is 0.248 e. The molecule has 1 saturated heterocycles. The van der Waals surface area contributed by atoms with Gasteiger partial charge in [0.1, 0.15) is 5.54 Å². The third kappa shape index (κ3) is 4.94. The molecule has 0 atom stereocenters. The molecule has 2 rings (SSSR count). The molecule has 1 aromatic heterocycles. The summed E-state index contributed by atoms with van der Waals surface area (Å²) in [5, 5.41) is 13.2. The summed E-state index contributed by atoms with van der Waals surface area (Å²) in [5.41, 5.74) is -0.650. The lowest BCUT2D eigenvalue weighted by Gasteiger charge is -2.36. The Hall–Kier alpha value is -1.60. The second-order valence-corrected chi connectivity index (χ2v) is 5.96. The van der Waals surface area contributed by atoms with Crippen LogP contribution in [0.3, 0.4) is 0 Å². The van der Waals surface area contributed by atoms with E-state index in [9.17, 15) is 9.59 Å². The van der Waals surface area contributed by atoms with Crippen molar-refractivity contribution in [3.8, 4) is 0 Å². The van der Waals surface area contributed by atoms with Gasteiger partial charge in [0.15, 0.2) is 0 Å². The maximum absolute atomic E-state index is 12.7. The third-order valence-electron chi connectivity index (χ3n) is 3.88. The number of halogens is 1. The summed E-state index contributed by atoms with van der Waals surface area (Å²) < 4.78 is 1.75. The number of carbonyl (C=O) groups is 2. The van der Waals surface area contributed by atoms with E-state index in [1.54, 1.807) is 10.9 Å². The van der Waals surface area contributed by atoms with Crippen LogP contribution in [0.4, 0.5) is 0 Å². The van der Waals surface area contributed by atoms with Gasteiger partial charge in [-0.2, -0.15) is 5.10 Å². The summed E-state index contributed by atoms with van der Waals surface area (Å²) in [6, 6.07) is 1.94. The van der Waals surface area contributed by atoms with Crippen LogP contribution >= 0.6 is 12.4 Å². The molecule has 7 nitrogen and oxygen atoms in total. The van der Waals surface area contributed by atoms with Crippen LogP contribution in [0.5, 0.6) is 0 Å². The van der Waals surface area contributed by atoms with Gasteiger partial charge in [0.2, 0.25) is 11.8 Å². The van der Waals surface area contributed by atoms with Gasteiger partial charge in [-0.05, 0) is 45.8 Å². The van der Waals surface area contributed by atoms with Crippen LogP contribution in [0.15, 0.2) is 18.5 Å². The van der Waals surface area contributed by atoms with Crippen LogP contribution in [0, 0.1) is 0 Å². The molecule has 0 aliphatic carbocycles. The Labute approximate surface area is 143 Å². The minimum atomic E-state index is -0.650. The van der Waals surface area contributed by atoms with Gasteiger partial charge in [0.05, 0.1) is 0 Å². The Kier molecular flexibility index (Phi) is 7.51. The van der Waals surface area contributed by atoms with Crippen LogP contribution in [-0.2, 0) is 15.1 Å². The van der Waals surface area contributed by atoms with Crippen molar-refractivity contribution in [3.05, 3.63) is 18.5 Å². The van der Waals surface area contributed by atoms with E-state index < -0.39 is 5.54 Å². The molecule has 0 aromatic carbocycles. The lowest BCUT2D eigenvalue weighted by atomic mass is 9.87. The highest BCUT2D eigenvalue weighted by Crippen LogP contribution is 2.27. The number of rotatable bonds is 6. The molecular formula is C15H26ClN5O2. The van der Waals surface area contributed by atoms with E-state index in [2.05, 4.69) is 21.0 Å².